The number of aliphatic hydroxyl groups is 1. The number of hydrogen-bond acceptors (Lipinski definition) is 5. The smallest absolute Gasteiger partial charge is 0.136 e. The number of rotatable bonds is 8. The summed E-state index contributed by atoms with van der Waals surface area (Å²) in [6, 6.07) is 0. The van der Waals surface area contributed by atoms with E-state index in [0.29, 0.717) is 13.1 Å². The molecule has 0 aliphatic rings. The molecule has 0 aromatic carbocycles. The van der Waals surface area contributed by atoms with Crippen LogP contribution in [0.5, 0.6) is 0 Å². The lowest BCUT2D eigenvalue weighted by Gasteiger charge is -2.23. The van der Waals surface area contributed by atoms with Crippen molar-refractivity contribution < 1.29 is 5.11 Å². The zero-order chi connectivity index (χ0) is 12.5. The van der Waals surface area contributed by atoms with Gasteiger partial charge in [0.15, 0.2) is 0 Å². The third-order valence-corrected chi connectivity index (χ3v) is 2.35. The Bertz CT molecular complexity index is 343. The Balaban J connectivity index is 2.87. The number of hydrogen-bond donors (Lipinski definition) is 2. The number of anilines is 1. The molecule has 0 saturated carbocycles. The van der Waals surface area contributed by atoms with Crippen LogP contribution in [0, 0.1) is 0 Å². The SMILES string of the molecule is C=CCN(CCO)c1ncncc1CNCC. The monoisotopic (exact) mass is 236 g/mol. The molecule has 0 fully saturated rings. The Hall–Kier alpha value is -1.46. The van der Waals surface area contributed by atoms with Gasteiger partial charge in [-0.3, -0.25) is 0 Å². The van der Waals surface area contributed by atoms with Crippen LogP contribution < -0.4 is 10.2 Å². The second-order valence-electron chi connectivity index (χ2n) is 3.61. The highest BCUT2D eigenvalue weighted by molar-refractivity contribution is 5.46. The molecule has 0 aliphatic heterocycles. The summed E-state index contributed by atoms with van der Waals surface area (Å²) >= 11 is 0. The second kappa shape index (κ2) is 7.76. The zero-order valence-corrected chi connectivity index (χ0v) is 10.3. The van der Waals surface area contributed by atoms with Gasteiger partial charge in [0.1, 0.15) is 12.1 Å². The van der Waals surface area contributed by atoms with Crippen LogP contribution in [0.25, 0.3) is 0 Å². The molecule has 2 N–H and O–H groups in total. The molecule has 5 heteroatoms. The summed E-state index contributed by atoms with van der Waals surface area (Å²) in [6.45, 7) is 8.70. The summed E-state index contributed by atoms with van der Waals surface area (Å²) in [4.78, 5) is 10.3. The molecule has 0 bridgehead atoms. The number of aromatic nitrogens is 2. The van der Waals surface area contributed by atoms with Crippen LogP contribution >= 0.6 is 0 Å². The number of nitrogens with one attached hydrogen (secondary N) is 1. The highest BCUT2D eigenvalue weighted by Crippen LogP contribution is 2.15. The number of nitrogens with zero attached hydrogens (tertiary/aromatic N) is 3. The van der Waals surface area contributed by atoms with Gasteiger partial charge in [0.2, 0.25) is 0 Å². The van der Waals surface area contributed by atoms with Crippen molar-refractivity contribution in [3.05, 3.63) is 30.7 Å². The van der Waals surface area contributed by atoms with Crippen molar-refractivity contribution in [3.63, 3.8) is 0 Å². The van der Waals surface area contributed by atoms with E-state index in [1.54, 1.807) is 12.3 Å². The first-order chi connectivity index (χ1) is 8.33. The van der Waals surface area contributed by atoms with E-state index in [-0.39, 0.29) is 6.61 Å². The summed E-state index contributed by atoms with van der Waals surface area (Å²) in [5.74, 6) is 0.856. The molecule has 5 nitrogen and oxygen atoms in total. The van der Waals surface area contributed by atoms with E-state index in [0.717, 1.165) is 24.5 Å². The minimum atomic E-state index is 0.0957. The Morgan fingerprint density at radius 3 is 3.06 bits per heavy atom. The molecule has 0 saturated heterocycles. The van der Waals surface area contributed by atoms with Gasteiger partial charge < -0.3 is 15.3 Å². The summed E-state index contributed by atoms with van der Waals surface area (Å²) in [5, 5.41) is 12.3. The lowest BCUT2D eigenvalue weighted by molar-refractivity contribution is 0.302. The first kappa shape index (κ1) is 13.6. The average molecular weight is 236 g/mol. The molecule has 17 heavy (non-hydrogen) atoms. The van der Waals surface area contributed by atoms with Crippen LogP contribution in [0.1, 0.15) is 12.5 Å². The van der Waals surface area contributed by atoms with Crippen molar-refractivity contribution in [1.29, 1.82) is 0 Å². The predicted octanol–water partition coefficient (Wildman–Crippen LogP) is 0.571. The molecule has 0 aliphatic carbocycles. The first-order valence-electron chi connectivity index (χ1n) is 5.79. The van der Waals surface area contributed by atoms with Crippen LogP contribution in [0.3, 0.4) is 0 Å². The van der Waals surface area contributed by atoms with E-state index >= 15 is 0 Å². The van der Waals surface area contributed by atoms with Crippen LogP contribution in [-0.2, 0) is 6.54 Å². The summed E-state index contributed by atoms with van der Waals surface area (Å²) < 4.78 is 0. The molecule has 0 atom stereocenters. The van der Waals surface area contributed by atoms with E-state index in [1.165, 1.54) is 6.33 Å². The first-order valence-corrected chi connectivity index (χ1v) is 5.79. The van der Waals surface area contributed by atoms with Crippen molar-refractivity contribution in [2.24, 2.45) is 0 Å². The van der Waals surface area contributed by atoms with E-state index in [1.807, 2.05) is 4.90 Å². The summed E-state index contributed by atoms with van der Waals surface area (Å²) in [5.41, 5.74) is 1.03. The highest BCUT2D eigenvalue weighted by Gasteiger charge is 2.10. The van der Waals surface area contributed by atoms with E-state index < -0.39 is 0 Å². The Morgan fingerprint density at radius 2 is 2.41 bits per heavy atom. The fourth-order valence-electron chi connectivity index (χ4n) is 1.58. The molecular formula is C12H20N4O. The van der Waals surface area contributed by atoms with Gasteiger partial charge in [-0.2, -0.15) is 0 Å². The van der Waals surface area contributed by atoms with E-state index in [2.05, 4.69) is 28.8 Å². The maximum absolute atomic E-state index is 9.06. The van der Waals surface area contributed by atoms with Gasteiger partial charge in [-0.05, 0) is 6.54 Å². The third-order valence-electron chi connectivity index (χ3n) is 2.35. The van der Waals surface area contributed by atoms with Crippen molar-refractivity contribution in [1.82, 2.24) is 15.3 Å². The molecule has 1 heterocycles. The molecule has 94 valence electrons. The molecule has 0 radical (unpaired) electrons. The summed E-state index contributed by atoms with van der Waals surface area (Å²) in [7, 11) is 0. The van der Waals surface area contributed by atoms with E-state index in [9.17, 15) is 0 Å². The van der Waals surface area contributed by atoms with Crippen LogP contribution in [0.2, 0.25) is 0 Å². The molecule has 0 spiro atoms. The van der Waals surface area contributed by atoms with Crippen molar-refractivity contribution in [3.8, 4) is 0 Å². The van der Waals surface area contributed by atoms with Gasteiger partial charge in [0.25, 0.3) is 0 Å². The minimum absolute atomic E-state index is 0.0957. The second-order valence-corrected chi connectivity index (χ2v) is 3.61. The minimum Gasteiger partial charge on any atom is -0.395 e. The van der Waals surface area contributed by atoms with Crippen LogP contribution in [0.15, 0.2) is 25.2 Å². The quantitative estimate of drug-likeness (QED) is 0.646. The molecule has 0 amide bonds. The largest absolute Gasteiger partial charge is 0.395 e. The highest BCUT2D eigenvalue weighted by atomic mass is 16.3. The van der Waals surface area contributed by atoms with Crippen LogP contribution in [-0.4, -0.2) is 41.3 Å². The van der Waals surface area contributed by atoms with E-state index in [4.69, 9.17) is 5.11 Å². The zero-order valence-electron chi connectivity index (χ0n) is 10.3. The lowest BCUT2D eigenvalue weighted by atomic mass is 10.2. The Morgan fingerprint density at radius 1 is 1.59 bits per heavy atom. The van der Waals surface area contributed by atoms with Gasteiger partial charge >= 0.3 is 0 Å². The van der Waals surface area contributed by atoms with Gasteiger partial charge in [0, 0.05) is 31.4 Å². The van der Waals surface area contributed by atoms with Crippen molar-refractivity contribution >= 4 is 5.82 Å². The summed E-state index contributed by atoms with van der Waals surface area (Å²) in [6.07, 6.45) is 5.13. The lowest BCUT2D eigenvalue weighted by Crippen LogP contribution is -2.29. The fourth-order valence-corrected chi connectivity index (χ4v) is 1.58. The normalized spacial score (nSPS) is 10.2. The van der Waals surface area contributed by atoms with Gasteiger partial charge in [0.05, 0.1) is 6.61 Å². The van der Waals surface area contributed by atoms with Gasteiger partial charge in [-0.25, -0.2) is 9.97 Å². The topological polar surface area (TPSA) is 61.3 Å². The molecular weight excluding hydrogens is 216 g/mol. The van der Waals surface area contributed by atoms with Gasteiger partial charge in [-0.1, -0.05) is 13.0 Å². The standard InChI is InChI=1S/C12H20N4O/c1-3-5-16(6-7-17)12-11(8-13-4-2)9-14-10-15-12/h3,9-10,13,17H,1,4-8H2,2H3. The van der Waals surface area contributed by atoms with Crippen molar-refractivity contribution in [2.75, 3.05) is 31.1 Å². The molecule has 1 aromatic heterocycles. The molecule has 0 unspecified atom stereocenters. The van der Waals surface area contributed by atoms with Crippen LogP contribution in [0.4, 0.5) is 5.82 Å². The maximum atomic E-state index is 9.06. The number of aliphatic hydroxyl groups excluding tert-OH is 1. The van der Waals surface area contributed by atoms with Crippen molar-refractivity contribution in [2.45, 2.75) is 13.5 Å². The average Bonchev–Trinajstić information content (AvgIpc) is 2.36. The predicted molar refractivity (Wildman–Crippen MR) is 68.9 cm³/mol. The third kappa shape index (κ3) is 4.13. The fraction of sp³-hybridized carbons (Fsp3) is 0.500. The Labute approximate surface area is 102 Å². The molecule has 1 rings (SSSR count). The molecule has 1 aromatic rings. The van der Waals surface area contributed by atoms with Gasteiger partial charge in [-0.15, -0.1) is 6.58 Å². The Kier molecular flexibility index (Phi) is 6.21. The maximum Gasteiger partial charge on any atom is 0.136 e.